The van der Waals surface area contributed by atoms with Crippen LogP contribution in [0.2, 0.25) is 0 Å². The van der Waals surface area contributed by atoms with Gasteiger partial charge in [-0.3, -0.25) is 9.10 Å². The summed E-state index contributed by atoms with van der Waals surface area (Å²) in [4.78, 5) is 18.1. The molecule has 1 amide bonds. The molecule has 1 fully saturated rings. The van der Waals surface area contributed by atoms with E-state index in [4.69, 9.17) is 0 Å². The van der Waals surface area contributed by atoms with E-state index >= 15 is 0 Å². The molecule has 1 aliphatic carbocycles. The fourth-order valence-corrected chi connectivity index (χ4v) is 5.16. The molecule has 9 nitrogen and oxygen atoms in total. The van der Waals surface area contributed by atoms with E-state index in [2.05, 4.69) is 32.8 Å². The Labute approximate surface area is 245 Å². The molecule has 1 aromatic heterocycles. The lowest BCUT2D eigenvalue weighted by atomic mass is 10.0. The number of pyridine rings is 1. The van der Waals surface area contributed by atoms with E-state index in [0.29, 0.717) is 37.7 Å². The zero-order valence-corrected chi connectivity index (χ0v) is 25.7. The molecule has 2 aromatic rings. The third kappa shape index (κ3) is 10.3. The van der Waals surface area contributed by atoms with Crippen LogP contribution in [0.3, 0.4) is 0 Å². The number of aliphatic hydroxyl groups is 1. The number of rotatable bonds is 15. The second-order valence-electron chi connectivity index (χ2n) is 11.3. The molecule has 0 spiro atoms. The normalized spacial score (nSPS) is 14.7. The number of carbonyl (C=O) groups excluding carboxylic acids is 1. The molecule has 1 saturated carbocycles. The van der Waals surface area contributed by atoms with Crippen LogP contribution in [0.1, 0.15) is 62.9 Å². The Morgan fingerprint density at radius 2 is 1.85 bits per heavy atom. The van der Waals surface area contributed by atoms with Crippen LogP contribution < -0.4 is 20.3 Å². The number of aromatic nitrogens is 1. The summed E-state index contributed by atoms with van der Waals surface area (Å²) >= 11 is 0. The van der Waals surface area contributed by atoms with Crippen LogP contribution in [0.25, 0.3) is 0 Å². The Morgan fingerprint density at radius 1 is 1.15 bits per heavy atom. The van der Waals surface area contributed by atoms with Gasteiger partial charge in [0.05, 0.1) is 23.9 Å². The van der Waals surface area contributed by atoms with Crippen LogP contribution in [-0.4, -0.2) is 68.5 Å². The summed E-state index contributed by atoms with van der Waals surface area (Å²) in [6, 6.07) is 12.5. The highest BCUT2D eigenvalue weighted by atomic mass is 32.2. The monoisotopic (exact) mass is 583 g/mol. The fraction of sp³-hybridized carbons (Fsp3) is 0.548. The summed E-state index contributed by atoms with van der Waals surface area (Å²) in [6.45, 7) is 8.66. The smallest absolute Gasteiger partial charge is 0.251 e. The van der Waals surface area contributed by atoms with E-state index in [1.54, 1.807) is 19.9 Å². The maximum atomic E-state index is 13.6. The van der Waals surface area contributed by atoms with Gasteiger partial charge in [0.2, 0.25) is 10.0 Å². The summed E-state index contributed by atoms with van der Waals surface area (Å²) in [5.41, 5.74) is 1.37. The highest BCUT2D eigenvalue weighted by Gasteiger charge is 2.27. The number of benzene rings is 1. The topological polar surface area (TPSA) is 124 Å². The van der Waals surface area contributed by atoms with E-state index in [1.807, 2.05) is 44.2 Å². The molecule has 4 N–H and O–H groups in total. The van der Waals surface area contributed by atoms with Crippen molar-refractivity contribution < 1.29 is 18.3 Å². The molecular weight excluding hydrogens is 538 g/mol. The third-order valence-corrected chi connectivity index (χ3v) is 9.11. The van der Waals surface area contributed by atoms with Gasteiger partial charge in [0.15, 0.2) is 0 Å². The van der Waals surface area contributed by atoms with E-state index in [-0.39, 0.29) is 23.8 Å². The van der Waals surface area contributed by atoms with Crippen molar-refractivity contribution in [3.63, 3.8) is 0 Å². The Kier molecular flexibility index (Phi) is 12.0. The highest BCUT2D eigenvalue weighted by molar-refractivity contribution is 7.93. The van der Waals surface area contributed by atoms with Gasteiger partial charge in [-0.1, -0.05) is 56.0 Å². The minimum absolute atomic E-state index is 0.163. The van der Waals surface area contributed by atoms with Gasteiger partial charge < -0.3 is 21.1 Å². The van der Waals surface area contributed by atoms with Crippen molar-refractivity contribution in [1.82, 2.24) is 15.6 Å². The second-order valence-corrected chi connectivity index (χ2v) is 13.8. The molecular formula is C31H45N5O4S. The van der Waals surface area contributed by atoms with E-state index < -0.39 is 33.3 Å². The minimum Gasteiger partial charge on any atom is -0.390 e. The summed E-state index contributed by atoms with van der Waals surface area (Å²) in [6.07, 6.45) is 2.60. The third-order valence-electron chi connectivity index (χ3n) is 6.97. The molecule has 0 saturated heterocycles. The predicted molar refractivity (Wildman–Crippen MR) is 165 cm³/mol. The Balaban J connectivity index is 1.81. The van der Waals surface area contributed by atoms with Gasteiger partial charge in [0.25, 0.3) is 5.91 Å². The van der Waals surface area contributed by atoms with Crippen LogP contribution in [0, 0.1) is 23.7 Å². The summed E-state index contributed by atoms with van der Waals surface area (Å²) in [7, 11) is -2.20. The lowest BCUT2D eigenvalue weighted by Crippen LogP contribution is -2.48. The molecule has 3 rings (SSSR count). The lowest BCUT2D eigenvalue weighted by Gasteiger charge is -2.25. The largest absolute Gasteiger partial charge is 0.390 e. The number of amides is 1. The Hall–Kier alpha value is -3.13. The fourth-order valence-electron chi connectivity index (χ4n) is 4.18. The van der Waals surface area contributed by atoms with Crippen LogP contribution in [0.5, 0.6) is 0 Å². The number of hydrogen-bond acceptors (Lipinski definition) is 7. The summed E-state index contributed by atoms with van der Waals surface area (Å²) < 4.78 is 26.9. The number of nitrogens with one attached hydrogen (secondary N) is 3. The van der Waals surface area contributed by atoms with E-state index in [0.717, 1.165) is 22.7 Å². The average molecular weight is 584 g/mol. The van der Waals surface area contributed by atoms with Crippen molar-refractivity contribution >= 4 is 27.6 Å². The van der Waals surface area contributed by atoms with E-state index in [9.17, 15) is 18.3 Å². The molecule has 0 aliphatic heterocycles. The molecule has 0 bridgehead atoms. The predicted octanol–water partition coefficient (Wildman–Crippen LogP) is 3.42. The number of sulfonamides is 1. The maximum absolute atomic E-state index is 13.6. The van der Waals surface area contributed by atoms with Crippen LogP contribution in [0.15, 0.2) is 42.5 Å². The van der Waals surface area contributed by atoms with Gasteiger partial charge in [-0.25, -0.2) is 13.4 Å². The van der Waals surface area contributed by atoms with Crippen molar-refractivity contribution in [2.75, 3.05) is 36.3 Å². The first kappa shape index (κ1) is 32.4. The highest BCUT2D eigenvalue weighted by Crippen LogP contribution is 2.29. The SMILES string of the molecule is CC(C)C#CCNCC(O)C(CCc1ccccc1)NC(=O)c1cc(NCC2CC2)nc(N(C)S(=O)(=O)C(C)C)c1. The molecule has 41 heavy (non-hydrogen) atoms. The van der Waals surface area contributed by atoms with Gasteiger partial charge in [0.1, 0.15) is 11.6 Å². The first-order chi connectivity index (χ1) is 19.5. The standard InChI is InChI=1S/C31H45N5O4S/c1-22(2)10-9-17-32-21-28(37)27(16-15-24-11-7-6-8-12-24)34-31(38)26-18-29(33-20-25-13-14-25)35-30(19-26)36(5)41(39,40)23(3)4/h6-8,11-12,18-19,22-23,25,27-28,32,37H,13-17,20-21H2,1-5H3,(H,33,35)(H,34,38). The molecule has 224 valence electrons. The van der Waals surface area contributed by atoms with Crippen molar-refractivity contribution in [3.8, 4) is 11.8 Å². The molecule has 0 radical (unpaired) electrons. The molecule has 1 heterocycles. The molecule has 1 aliphatic rings. The van der Waals surface area contributed by atoms with Crippen molar-refractivity contribution in [1.29, 1.82) is 0 Å². The lowest BCUT2D eigenvalue weighted by molar-refractivity contribution is 0.0821. The van der Waals surface area contributed by atoms with Crippen molar-refractivity contribution in [2.24, 2.45) is 11.8 Å². The minimum atomic E-state index is -3.65. The van der Waals surface area contributed by atoms with Gasteiger partial charge >= 0.3 is 0 Å². The second kappa shape index (κ2) is 15.2. The van der Waals surface area contributed by atoms with Crippen LogP contribution >= 0.6 is 0 Å². The Morgan fingerprint density at radius 3 is 2.49 bits per heavy atom. The number of anilines is 2. The van der Waals surface area contributed by atoms with Crippen molar-refractivity contribution in [2.45, 2.75) is 70.8 Å². The summed E-state index contributed by atoms with van der Waals surface area (Å²) in [5.74, 6) is 7.15. The van der Waals surface area contributed by atoms with E-state index in [1.165, 1.54) is 13.1 Å². The average Bonchev–Trinajstić information content (AvgIpc) is 3.78. The quantitative estimate of drug-likeness (QED) is 0.187. The molecule has 2 atom stereocenters. The van der Waals surface area contributed by atoms with Gasteiger partial charge in [-0.05, 0) is 63.1 Å². The zero-order chi connectivity index (χ0) is 30.0. The molecule has 1 aromatic carbocycles. The Bertz CT molecular complexity index is 1300. The van der Waals surface area contributed by atoms with Crippen LogP contribution in [0.4, 0.5) is 11.6 Å². The first-order valence-electron chi connectivity index (χ1n) is 14.4. The van der Waals surface area contributed by atoms with Gasteiger partial charge in [-0.2, -0.15) is 0 Å². The number of aryl methyl sites for hydroxylation is 1. The van der Waals surface area contributed by atoms with Crippen molar-refractivity contribution in [3.05, 3.63) is 53.6 Å². The summed E-state index contributed by atoms with van der Waals surface area (Å²) in [5, 5.41) is 19.8. The van der Waals surface area contributed by atoms with Crippen LogP contribution in [-0.2, 0) is 16.4 Å². The maximum Gasteiger partial charge on any atom is 0.251 e. The number of hydrogen-bond donors (Lipinski definition) is 4. The van der Waals surface area contributed by atoms with Gasteiger partial charge in [-0.15, -0.1) is 0 Å². The zero-order valence-electron chi connectivity index (χ0n) is 24.9. The number of aliphatic hydroxyl groups excluding tert-OH is 1. The molecule has 10 heteroatoms. The first-order valence-corrected chi connectivity index (χ1v) is 15.9. The number of carbonyl (C=O) groups is 1. The molecule has 2 unspecified atom stereocenters. The van der Waals surface area contributed by atoms with Gasteiger partial charge in [0, 0.05) is 31.6 Å². The number of nitrogens with zero attached hydrogens (tertiary/aromatic N) is 2.